The van der Waals surface area contributed by atoms with Crippen LogP contribution in [-0.4, -0.2) is 43.9 Å². The molecule has 32 heavy (non-hydrogen) atoms. The van der Waals surface area contributed by atoms with E-state index in [0.717, 1.165) is 30.1 Å². The number of fused-ring (bicyclic) bond motifs is 3. The van der Waals surface area contributed by atoms with Crippen molar-refractivity contribution in [3.8, 4) is 22.9 Å². The number of hydrogen-bond acceptors (Lipinski definition) is 6. The molecule has 3 heterocycles. The molecule has 2 fully saturated rings. The first kappa shape index (κ1) is 21.0. The van der Waals surface area contributed by atoms with Crippen molar-refractivity contribution in [3.05, 3.63) is 53.1 Å². The third-order valence-electron chi connectivity index (χ3n) is 6.70. The summed E-state index contributed by atoms with van der Waals surface area (Å²) in [7, 11) is 0. The Bertz CT molecular complexity index is 1070. The average molecular weight is 434 g/mol. The zero-order valence-corrected chi connectivity index (χ0v) is 17.9. The lowest BCUT2D eigenvalue weighted by Gasteiger charge is -2.32. The molecule has 0 aromatic heterocycles. The van der Waals surface area contributed by atoms with Gasteiger partial charge in [-0.1, -0.05) is 30.3 Å². The van der Waals surface area contributed by atoms with Gasteiger partial charge in [0.2, 0.25) is 5.91 Å². The van der Waals surface area contributed by atoms with Crippen molar-refractivity contribution in [2.24, 2.45) is 5.73 Å². The Kier molecular flexibility index (Phi) is 5.60. The standard InChI is InChI=1S/C25H27N3O4/c26-12-20(28-24(29)25(27)5-7-30-8-6-25)9-16-1-4-21-22-11-17(19-13-31-14-19)2-3-18(22)15-32-23(21)10-16/h1-4,10-11,19-20H,5-9,13-15,27H2,(H,28,29)/t20-/m0/s1. The Hall–Kier alpha value is -2.92. The van der Waals surface area contributed by atoms with Gasteiger partial charge in [0.15, 0.2) is 0 Å². The van der Waals surface area contributed by atoms with Gasteiger partial charge in [-0.3, -0.25) is 4.79 Å². The molecule has 0 saturated carbocycles. The van der Waals surface area contributed by atoms with Crippen LogP contribution in [0.5, 0.6) is 5.75 Å². The molecule has 2 aromatic rings. The van der Waals surface area contributed by atoms with E-state index in [2.05, 4.69) is 29.6 Å². The van der Waals surface area contributed by atoms with E-state index in [1.54, 1.807) is 0 Å². The van der Waals surface area contributed by atoms with Gasteiger partial charge in [-0.15, -0.1) is 0 Å². The summed E-state index contributed by atoms with van der Waals surface area (Å²) in [6.45, 7) is 2.99. The number of nitrogens with zero attached hydrogens (tertiary/aromatic N) is 1. The molecule has 0 spiro atoms. The van der Waals surface area contributed by atoms with Crippen molar-refractivity contribution in [1.82, 2.24) is 5.32 Å². The number of nitrogens with one attached hydrogen (secondary N) is 1. The van der Waals surface area contributed by atoms with Crippen LogP contribution < -0.4 is 15.8 Å². The van der Waals surface area contributed by atoms with E-state index in [9.17, 15) is 10.1 Å². The second kappa shape index (κ2) is 8.55. The topological polar surface area (TPSA) is 107 Å². The quantitative estimate of drug-likeness (QED) is 0.750. The van der Waals surface area contributed by atoms with E-state index in [1.165, 1.54) is 16.7 Å². The van der Waals surface area contributed by atoms with Crippen LogP contribution in [0.3, 0.4) is 0 Å². The van der Waals surface area contributed by atoms with Gasteiger partial charge >= 0.3 is 0 Å². The Morgan fingerprint density at radius 1 is 1.16 bits per heavy atom. The zero-order valence-electron chi connectivity index (χ0n) is 17.9. The van der Waals surface area contributed by atoms with Gasteiger partial charge in [0.1, 0.15) is 18.4 Å². The summed E-state index contributed by atoms with van der Waals surface area (Å²) in [6, 6.07) is 14.1. The first-order valence-electron chi connectivity index (χ1n) is 11.1. The van der Waals surface area contributed by atoms with E-state index >= 15 is 0 Å². The van der Waals surface area contributed by atoms with Gasteiger partial charge in [-0.05, 0) is 41.2 Å². The number of benzene rings is 2. The van der Waals surface area contributed by atoms with Crippen molar-refractivity contribution in [1.29, 1.82) is 5.26 Å². The third kappa shape index (κ3) is 3.97. The Balaban J connectivity index is 1.32. The molecule has 166 valence electrons. The summed E-state index contributed by atoms with van der Waals surface area (Å²) < 4.78 is 16.7. The van der Waals surface area contributed by atoms with Gasteiger partial charge in [-0.2, -0.15) is 5.26 Å². The lowest BCUT2D eigenvalue weighted by Crippen LogP contribution is -2.58. The van der Waals surface area contributed by atoms with Gasteiger partial charge < -0.3 is 25.3 Å². The first-order valence-corrected chi connectivity index (χ1v) is 11.1. The summed E-state index contributed by atoms with van der Waals surface area (Å²) >= 11 is 0. The number of rotatable bonds is 5. The van der Waals surface area contributed by atoms with Gasteiger partial charge in [0, 0.05) is 31.1 Å². The van der Waals surface area contributed by atoms with Crippen molar-refractivity contribution in [2.75, 3.05) is 26.4 Å². The minimum atomic E-state index is -0.973. The first-order chi connectivity index (χ1) is 15.6. The molecule has 1 amide bonds. The van der Waals surface area contributed by atoms with Crippen molar-refractivity contribution < 1.29 is 19.0 Å². The van der Waals surface area contributed by atoms with Crippen LogP contribution >= 0.6 is 0 Å². The molecule has 0 unspecified atom stereocenters. The number of nitrogens with two attached hydrogens (primary N) is 1. The van der Waals surface area contributed by atoms with Gasteiger partial charge in [0.25, 0.3) is 0 Å². The lowest BCUT2D eigenvalue weighted by atomic mass is 9.89. The number of nitriles is 1. The fraction of sp³-hybridized carbons (Fsp3) is 0.440. The SMILES string of the molecule is N#C[C@H](Cc1ccc2c(c1)OCc1ccc(C3COC3)cc1-2)NC(=O)C1(N)CCOCC1. The highest BCUT2D eigenvalue weighted by atomic mass is 16.5. The molecule has 0 aliphatic carbocycles. The van der Waals surface area contributed by atoms with Crippen LogP contribution in [0.2, 0.25) is 0 Å². The molecule has 3 aliphatic rings. The maximum absolute atomic E-state index is 12.7. The second-order valence-corrected chi connectivity index (χ2v) is 8.90. The van der Waals surface area contributed by atoms with Crippen LogP contribution in [0.25, 0.3) is 11.1 Å². The largest absolute Gasteiger partial charge is 0.488 e. The summed E-state index contributed by atoms with van der Waals surface area (Å²) in [6.07, 6.45) is 1.30. The highest BCUT2D eigenvalue weighted by molar-refractivity contribution is 5.86. The van der Waals surface area contributed by atoms with E-state index in [-0.39, 0.29) is 5.91 Å². The Morgan fingerprint density at radius 2 is 1.97 bits per heavy atom. The monoisotopic (exact) mass is 433 g/mol. The number of hydrogen-bond donors (Lipinski definition) is 2. The molecule has 2 saturated heterocycles. The molecule has 5 rings (SSSR count). The predicted octanol–water partition coefficient (Wildman–Crippen LogP) is 2.42. The average Bonchev–Trinajstić information content (AvgIpc) is 2.77. The van der Waals surface area contributed by atoms with E-state index in [4.69, 9.17) is 19.9 Å². The van der Waals surface area contributed by atoms with E-state index in [0.29, 0.717) is 45.0 Å². The minimum Gasteiger partial charge on any atom is -0.488 e. The normalized spacial score (nSPS) is 20.0. The highest BCUT2D eigenvalue weighted by Crippen LogP contribution is 2.40. The molecular weight excluding hydrogens is 406 g/mol. The maximum Gasteiger partial charge on any atom is 0.241 e. The van der Waals surface area contributed by atoms with Crippen LogP contribution in [0, 0.1) is 11.3 Å². The molecule has 2 aromatic carbocycles. The molecule has 7 nitrogen and oxygen atoms in total. The third-order valence-corrected chi connectivity index (χ3v) is 6.70. The number of amides is 1. The molecule has 0 bridgehead atoms. The molecular formula is C25H27N3O4. The number of ether oxygens (including phenoxy) is 3. The van der Waals surface area contributed by atoms with Crippen LogP contribution in [-0.2, 0) is 27.3 Å². The number of carbonyl (C=O) groups excluding carboxylic acids is 1. The highest BCUT2D eigenvalue weighted by Gasteiger charge is 2.37. The fourth-order valence-corrected chi connectivity index (χ4v) is 4.47. The Morgan fingerprint density at radius 3 is 2.69 bits per heavy atom. The summed E-state index contributed by atoms with van der Waals surface area (Å²) in [5, 5.41) is 12.4. The molecule has 1 atom stereocenters. The lowest BCUT2D eigenvalue weighted by molar-refractivity contribution is -0.130. The second-order valence-electron chi connectivity index (χ2n) is 8.90. The van der Waals surface area contributed by atoms with Crippen LogP contribution in [0.4, 0.5) is 0 Å². The van der Waals surface area contributed by atoms with Crippen molar-refractivity contribution >= 4 is 5.91 Å². The summed E-state index contributed by atoms with van der Waals surface area (Å²) in [4.78, 5) is 12.7. The van der Waals surface area contributed by atoms with Gasteiger partial charge in [-0.25, -0.2) is 0 Å². The summed E-state index contributed by atoms with van der Waals surface area (Å²) in [5.41, 5.74) is 10.9. The molecule has 3 aliphatic heterocycles. The predicted molar refractivity (Wildman–Crippen MR) is 118 cm³/mol. The molecule has 0 radical (unpaired) electrons. The van der Waals surface area contributed by atoms with Gasteiger partial charge in [0.05, 0.1) is 24.8 Å². The van der Waals surface area contributed by atoms with Crippen LogP contribution in [0.1, 0.15) is 35.4 Å². The smallest absolute Gasteiger partial charge is 0.241 e. The van der Waals surface area contributed by atoms with E-state index in [1.807, 2.05) is 18.2 Å². The molecule has 7 heteroatoms. The number of carbonyl (C=O) groups is 1. The van der Waals surface area contributed by atoms with Crippen molar-refractivity contribution in [3.63, 3.8) is 0 Å². The van der Waals surface area contributed by atoms with E-state index < -0.39 is 11.6 Å². The maximum atomic E-state index is 12.7. The minimum absolute atomic E-state index is 0.289. The van der Waals surface area contributed by atoms with Crippen LogP contribution in [0.15, 0.2) is 36.4 Å². The van der Waals surface area contributed by atoms with Crippen molar-refractivity contribution in [2.45, 2.75) is 43.4 Å². The fourth-order valence-electron chi connectivity index (χ4n) is 4.47. The molecule has 3 N–H and O–H groups in total. The Labute approximate surface area is 187 Å². The zero-order chi connectivity index (χ0) is 22.1. The summed E-state index contributed by atoms with van der Waals surface area (Å²) in [5.74, 6) is 0.982.